The number of amides is 3. The summed E-state index contributed by atoms with van der Waals surface area (Å²) in [6.45, 7) is 1.71. The highest BCUT2D eigenvalue weighted by atomic mass is 35.5. The van der Waals surface area contributed by atoms with E-state index in [1.54, 1.807) is 11.8 Å². The molecule has 14 heteroatoms. The third kappa shape index (κ3) is 4.97. The van der Waals surface area contributed by atoms with Crippen molar-refractivity contribution < 1.29 is 22.8 Å². The van der Waals surface area contributed by atoms with Crippen molar-refractivity contribution in [2.24, 2.45) is 34.7 Å². The zero-order valence-electron chi connectivity index (χ0n) is 25.4. The number of nitrogens with zero attached hydrogens (tertiary/aromatic N) is 2. The molecule has 4 aliphatic rings. The van der Waals surface area contributed by atoms with E-state index in [1.165, 1.54) is 33.7 Å². The van der Waals surface area contributed by atoms with E-state index < -0.39 is 27.8 Å². The zero-order chi connectivity index (χ0) is 33.6. The Morgan fingerprint density at radius 1 is 0.938 bits per heavy atom. The number of sulfonamides is 1. The van der Waals surface area contributed by atoms with Gasteiger partial charge in [0.2, 0.25) is 27.7 Å². The monoisotopic (exact) mass is 720 g/mol. The van der Waals surface area contributed by atoms with Crippen LogP contribution in [0.25, 0.3) is 0 Å². The quantitative estimate of drug-likeness (QED) is 0.271. The molecule has 3 aromatic carbocycles. The van der Waals surface area contributed by atoms with E-state index in [-0.39, 0.29) is 57.0 Å². The minimum Gasteiger partial charge on any atom is -0.325 e. The summed E-state index contributed by atoms with van der Waals surface area (Å²) in [5, 5.41) is 9.15. The van der Waals surface area contributed by atoms with Gasteiger partial charge >= 0.3 is 4.87 Å². The molecule has 2 saturated carbocycles. The van der Waals surface area contributed by atoms with Crippen LogP contribution in [0.15, 0.2) is 87.5 Å². The lowest BCUT2D eigenvalue weighted by molar-refractivity contribution is -0.123. The van der Waals surface area contributed by atoms with Crippen molar-refractivity contribution in [3.63, 3.8) is 0 Å². The molecule has 0 radical (unpaired) electrons. The Morgan fingerprint density at radius 2 is 1.58 bits per heavy atom. The average Bonchev–Trinajstić information content (AvgIpc) is 3.77. The Bertz CT molecular complexity index is 2170. The molecule has 2 aliphatic heterocycles. The number of primary sulfonamides is 1. The molecule has 2 aliphatic carbocycles. The van der Waals surface area contributed by atoms with Crippen LogP contribution in [-0.4, -0.2) is 36.0 Å². The number of rotatable bonds is 6. The van der Waals surface area contributed by atoms with Crippen LogP contribution in [0.5, 0.6) is 0 Å². The van der Waals surface area contributed by atoms with Gasteiger partial charge in [0.25, 0.3) is 0 Å². The van der Waals surface area contributed by atoms with Gasteiger partial charge in [0.05, 0.1) is 27.4 Å². The van der Waals surface area contributed by atoms with Gasteiger partial charge < -0.3 is 5.32 Å². The Morgan fingerprint density at radius 3 is 2.23 bits per heavy atom. The number of aromatic nitrogens is 1. The molecule has 4 aromatic rings. The molecule has 7 unspecified atom stereocenters. The second-order valence-corrected chi connectivity index (χ2v) is 17.1. The number of carbonyl (C=O) groups is 3. The molecule has 246 valence electrons. The van der Waals surface area contributed by atoms with E-state index in [2.05, 4.69) is 5.32 Å². The maximum atomic E-state index is 14.0. The Labute approximate surface area is 289 Å². The number of fused-ring (bicyclic) bond motifs is 9. The molecule has 3 heterocycles. The number of halogens is 1. The number of hydrogen-bond acceptors (Lipinski definition) is 8. The fourth-order valence-electron chi connectivity index (χ4n) is 8.32. The smallest absolute Gasteiger partial charge is 0.308 e. The highest BCUT2D eigenvalue weighted by Gasteiger charge is 2.69. The maximum Gasteiger partial charge on any atom is 0.308 e. The van der Waals surface area contributed by atoms with Crippen LogP contribution in [-0.2, 0) is 31.0 Å². The summed E-state index contributed by atoms with van der Waals surface area (Å²) in [4.78, 5) is 56.7. The number of benzene rings is 3. The summed E-state index contributed by atoms with van der Waals surface area (Å²) in [7, 11) is -3.89. The normalized spacial score (nSPS) is 27.1. The van der Waals surface area contributed by atoms with E-state index in [9.17, 15) is 27.6 Å². The van der Waals surface area contributed by atoms with Crippen molar-refractivity contribution in [1.82, 2.24) is 4.57 Å². The number of imide groups is 1. The third-order valence-corrected chi connectivity index (χ3v) is 14.2. The summed E-state index contributed by atoms with van der Waals surface area (Å²) >= 11 is 8.94. The number of nitrogens with two attached hydrogens (primary N) is 1. The summed E-state index contributed by atoms with van der Waals surface area (Å²) in [5.41, 5.74) is 2.96. The molecule has 10 nitrogen and oxygen atoms in total. The van der Waals surface area contributed by atoms with Gasteiger partial charge in [-0.3, -0.25) is 28.6 Å². The molecular weight excluding hydrogens is 692 g/mol. The maximum absolute atomic E-state index is 14.0. The molecule has 3 fully saturated rings. The van der Waals surface area contributed by atoms with Gasteiger partial charge in [0, 0.05) is 26.8 Å². The number of thioether (sulfide) groups is 1. The van der Waals surface area contributed by atoms with Crippen LogP contribution in [0.3, 0.4) is 0 Å². The topological polar surface area (TPSA) is 149 Å². The minimum absolute atomic E-state index is 0.00214. The summed E-state index contributed by atoms with van der Waals surface area (Å²) in [6.07, 6.45) is 0.745. The SMILES string of the molecule is Cc1ccc(N2C(=O)C3C4CC(C3C2=O)C2C(c3ccc(Cl)cc3)c3sc(=O)n(CC(=O)Nc5ccc(S(N)(=O)=O)cc5)c3SC42)cc1. The van der Waals surface area contributed by atoms with Gasteiger partial charge in [-0.25, -0.2) is 13.6 Å². The standard InChI is InChI=1S/C34H29ClN4O6S3/c1-16-2-10-20(11-3-16)39-31(41)27-22-14-23(28(27)32(39)42)29-26(22)25(17-4-6-18(35)7-5-17)30-33(46-29)38(34(43)47-30)15-24(40)37-19-8-12-21(13-9-19)48(36,44)45/h2-13,22-23,25-29H,14-15H2,1H3,(H,37,40)(H2,36,44,45). The van der Waals surface area contributed by atoms with E-state index in [0.717, 1.165) is 33.8 Å². The summed E-state index contributed by atoms with van der Waals surface area (Å²) in [5.74, 6) is -1.96. The summed E-state index contributed by atoms with van der Waals surface area (Å²) in [6, 6.07) is 20.5. The second kappa shape index (κ2) is 11.4. The lowest BCUT2D eigenvalue weighted by Crippen LogP contribution is -2.43. The van der Waals surface area contributed by atoms with E-state index in [0.29, 0.717) is 21.4 Å². The van der Waals surface area contributed by atoms with Crippen molar-refractivity contribution in [2.45, 2.75) is 41.0 Å². The average molecular weight is 721 g/mol. The van der Waals surface area contributed by atoms with E-state index in [4.69, 9.17) is 16.7 Å². The minimum atomic E-state index is -3.89. The summed E-state index contributed by atoms with van der Waals surface area (Å²) < 4.78 is 24.7. The Kier molecular flexibility index (Phi) is 7.49. The molecule has 1 aromatic heterocycles. The predicted molar refractivity (Wildman–Crippen MR) is 184 cm³/mol. The Balaban J connectivity index is 1.14. The van der Waals surface area contributed by atoms with Crippen molar-refractivity contribution in [1.29, 1.82) is 0 Å². The number of hydrogen-bond donors (Lipinski definition) is 2. The fraction of sp³-hybridized carbons (Fsp3) is 0.294. The second-order valence-electron chi connectivity index (χ2n) is 12.9. The lowest BCUT2D eigenvalue weighted by atomic mass is 9.68. The van der Waals surface area contributed by atoms with Crippen LogP contribution in [0.1, 0.15) is 28.3 Å². The molecule has 0 spiro atoms. The molecule has 3 amide bonds. The molecule has 2 bridgehead atoms. The fourth-order valence-corrected chi connectivity index (χ4v) is 12.1. The number of anilines is 2. The van der Waals surface area contributed by atoms with Crippen molar-refractivity contribution >= 4 is 73.8 Å². The molecule has 1 saturated heterocycles. The lowest BCUT2D eigenvalue weighted by Gasteiger charge is -2.43. The van der Waals surface area contributed by atoms with Crippen LogP contribution < -0.4 is 20.2 Å². The number of carbonyl (C=O) groups excluding carboxylic acids is 3. The highest BCUT2D eigenvalue weighted by Crippen LogP contribution is 2.69. The van der Waals surface area contributed by atoms with Gasteiger partial charge in [-0.2, -0.15) is 0 Å². The largest absolute Gasteiger partial charge is 0.325 e. The number of nitrogens with one attached hydrogen (secondary N) is 1. The first kappa shape index (κ1) is 31.5. The van der Waals surface area contributed by atoms with Crippen LogP contribution in [0, 0.1) is 36.5 Å². The van der Waals surface area contributed by atoms with Crippen LogP contribution in [0.4, 0.5) is 11.4 Å². The van der Waals surface area contributed by atoms with Gasteiger partial charge in [-0.15, -0.1) is 11.8 Å². The van der Waals surface area contributed by atoms with Crippen molar-refractivity contribution in [3.05, 3.63) is 103 Å². The van der Waals surface area contributed by atoms with E-state index in [1.807, 2.05) is 55.5 Å². The molecule has 8 rings (SSSR count). The van der Waals surface area contributed by atoms with Crippen molar-refractivity contribution in [3.8, 4) is 0 Å². The first-order valence-electron chi connectivity index (χ1n) is 15.4. The predicted octanol–water partition coefficient (Wildman–Crippen LogP) is 4.84. The molecule has 48 heavy (non-hydrogen) atoms. The first-order chi connectivity index (χ1) is 22.9. The zero-order valence-corrected chi connectivity index (χ0v) is 28.6. The molecule has 3 N–H and O–H groups in total. The van der Waals surface area contributed by atoms with E-state index >= 15 is 0 Å². The molecule has 7 atom stereocenters. The van der Waals surface area contributed by atoms with Crippen LogP contribution >= 0.6 is 34.7 Å². The van der Waals surface area contributed by atoms with Gasteiger partial charge in [-0.1, -0.05) is 52.8 Å². The highest BCUT2D eigenvalue weighted by molar-refractivity contribution is 8.00. The van der Waals surface area contributed by atoms with Gasteiger partial charge in [-0.05, 0) is 85.2 Å². The van der Waals surface area contributed by atoms with Crippen LogP contribution in [0.2, 0.25) is 5.02 Å². The molecular formula is C34H29ClN4O6S3. The number of thiazole rings is 1. The number of aryl methyl sites for hydroxylation is 1. The van der Waals surface area contributed by atoms with Gasteiger partial charge in [0.15, 0.2) is 0 Å². The third-order valence-electron chi connectivity index (χ3n) is 10.2. The van der Waals surface area contributed by atoms with Crippen molar-refractivity contribution in [2.75, 3.05) is 10.2 Å². The first-order valence-corrected chi connectivity index (χ1v) is 19.1. The Hall–Kier alpha value is -3.75. The van der Waals surface area contributed by atoms with Gasteiger partial charge in [0.1, 0.15) is 6.54 Å².